The van der Waals surface area contributed by atoms with Crippen LogP contribution in [0.1, 0.15) is 53.9 Å². The van der Waals surface area contributed by atoms with Gasteiger partial charge in [-0.3, -0.25) is 9.59 Å². The van der Waals surface area contributed by atoms with Crippen LogP contribution in [0.3, 0.4) is 0 Å². The molecule has 1 aliphatic carbocycles. The van der Waals surface area contributed by atoms with Crippen molar-refractivity contribution in [2.45, 2.75) is 44.6 Å². The van der Waals surface area contributed by atoms with Crippen LogP contribution in [0.2, 0.25) is 5.02 Å². The lowest BCUT2D eigenvalue weighted by Crippen LogP contribution is -2.20. The van der Waals surface area contributed by atoms with Crippen molar-refractivity contribution in [1.29, 1.82) is 0 Å². The molecular formula is C33H29ClN2O4S. The summed E-state index contributed by atoms with van der Waals surface area (Å²) in [5, 5.41) is 5.54. The molecular weight excluding hydrogens is 556 g/mol. The lowest BCUT2D eigenvalue weighted by molar-refractivity contribution is -0.140. The zero-order valence-electron chi connectivity index (χ0n) is 22.9. The van der Waals surface area contributed by atoms with E-state index in [-0.39, 0.29) is 17.3 Å². The molecule has 5 rings (SSSR count). The zero-order chi connectivity index (χ0) is 28.9. The fourth-order valence-electron chi connectivity index (χ4n) is 5.10. The van der Waals surface area contributed by atoms with E-state index in [9.17, 15) is 14.4 Å². The number of halogens is 1. The predicted molar refractivity (Wildman–Crippen MR) is 165 cm³/mol. The number of rotatable bonds is 10. The molecule has 0 spiro atoms. The molecule has 0 N–H and O–H groups in total. The Bertz CT molecular complexity index is 1690. The van der Waals surface area contributed by atoms with Crippen molar-refractivity contribution >= 4 is 63.6 Å². The van der Waals surface area contributed by atoms with Crippen LogP contribution in [0.15, 0.2) is 88.4 Å². The molecule has 208 valence electrons. The Kier molecular flexibility index (Phi) is 8.86. The van der Waals surface area contributed by atoms with E-state index in [1.807, 2.05) is 78.9 Å². The molecule has 0 amide bonds. The summed E-state index contributed by atoms with van der Waals surface area (Å²) in [7, 11) is 0. The third-order valence-corrected chi connectivity index (χ3v) is 8.30. The maximum absolute atomic E-state index is 13.7. The summed E-state index contributed by atoms with van der Waals surface area (Å²) < 4.78 is 2.25. The van der Waals surface area contributed by atoms with Gasteiger partial charge in [-0.1, -0.05) is 47.1 Å². The van der Waals surface area contributed by atoms with Gasteiger partial charge in [0.15, 0.2) is 5.78 Å². The highest BCUT2D eigenvalue weighted by Crippen LogP contribution is 2.35. The van der Waals surface area contributed by atoms with Crippen molar-refractivity contribution in [1.82, 2.24) is 4.57 Å². The number of hydrogen-bond donors (Lipinski definition) is 0. The number of carbonyl (C=O) groups is 3. The number of Topliss-reactive ketones (excluding diaryl/α,β-unsaturated/α-hetero) is 1. The third-order valence-electron chi connectivity index (χ3n) is 7.04. The van der Waals surface area contributed by atoms with E-state index in [1.165, 1.54) is 6.92 Å². The van der Waals surface area contributed by atoms with Crippen molar-refractivity contribution < 1.29 is 19.2 Å². The van der Waals surface area contributed by atoms with Gasteiger partial charge in [0, 0.05) is 74.4 Å². The molecule has 0 saturated heterocycles. The van der Waals surface area contributed by atoms with Gasteiger partial charge < -0.3 is 9.40 Å². The van der Waals surface area contributed by atoms with Crippen LogP contribution in [0.4, 0.5) is 0 Å². The van der Waals surface area contributed by atoms with Gasteiger partial charge in [0.05, 0.1) is 0 Å². The van der Waals surface area contributed by atoms with Crippen LogP contribution >= 0.6 is 23.4 Å². The lowest BCUT2D eigenvalue weighted by Gasteiger charge is -2.16. The summed E-state index contributed by atoms with van der Waals surface area (Å²) in [6, 6.07) is 22.5. The Morgan fingerprint density at radius 1 is 0.976 bits per heavy atom. The highest BCUT2D eigenvalue weighted by atomic mass is 35.5. The monoisotopic (exact) mass is 584 g/mol. The van der Waals surface area contributed by atoms with Crippen molar-refractivity contribution in [2.75, 3.05) is 5.75 Å². The summed E-state index contributed by atoms with van der Waals surface area (Å²) in [6.45, 7) is 4.12. The van der Waals surface area contributed by atoms with E-state index in [0.717, 1.165) is 33.6 Å². The molecule has 0 aliphatic heterocycles. The average Bonchev–Trinajstić information content (AvgIpc) is 3.31. The second-order valence-electron chi connectivity index (χ2n) is 9.70. The second kappa shape index (κ2) is 12.7. The van der Waals surface area contributed by atoms with Gasteiger partial charge in [0.1, 0.15) is 5.71 Å². The summed E-state index contributed by atoms with van der Waals surface area (Å²) in [6.07, 6.45) is 3.47. The number of ketones is 2. The van der Waals surface area contributed by atoms with Crippen LogP contribution in [-0.4, -0.2) is 33.6 Å². The SMILES string of the molecule is CCn1c2c(c3cc(C(=O)c4ccccc4)ccc31)C=C(C(=O)/C(CCSc1ccc(Cl)cc1)=N/OC(C)=O)CC2. The van der Waals surface area contributed by atoms with Crippen LogP contribution in [-0.2, 0) is 27.4 Å². The van der Waals surface area contributed by atoms with Crippen molar-refractivity contribution in [3.05, 3.63) is 106 Å². The summed E-state index contributed by atoms with van der Waals surface area (Å²) in [4.78, 5) is 44.3. The maximum Gasteiger partial charge on any atom is 0.331 e. The van der Waals surface area contributed by atoms with Crippen molar-refractivity contribution in [2.24, 2.45) is 5.16 Å². The van der Waals surface area contributed by atoms with Gasteiger partial charge in [-0.05, 0) is 68.3 Å². The number of nitrogens with zero attached hydrogens (tertiary/aromatic N) is 2. The van der Waals surface area contributed by atoms with E-state index in [2.05, 4.69) is 16.6 Å². The Labute approximate surface area is 248 Å². The fraction of sp³-hybridized carbons (Fsp3) is 0.212. The van der Waals surface area contributed by atoms with Gasteiger partial charge in [0.2, 0.25) is 5.78 Å². The number of aromatic nitrogens is 1. The topological polar surface area (TPSA) is 77.7 Å². The number of allylic oxidation sites excluding steroid dienone is 1. The minimum absolute atomic E-state index is 0.0458. The number of oxime groups is 1. The van der Waals surface area contributed by atoms with Crippen LogP contribution in [0, 0.1) is 0 Å². The highest BCUT2D eigenvalue weighted by Gasteiger charge is 2.26. The van der Waals surface area contributed by atoms with Gasteiger partial charge in [0.25, 0.3) is 0 Å². The van der Waals surface area contributed by atoms with Crippen LogP contribution < -0.4 is 0 Å². The number of thioether (sulfide) groups is 1. The first-order valence-corrected chi connectivity index (χ1v) is 14.8. The molecule has 1 aliphatic rings. The Hall–Kier alpha value is -3.94. The first-order valence-electron chi connectivity index (χ1n) is 13.5. The number of hydrogen-bond acceptors (Lipinski definition) is 6. The third kappa shape index (κ3) is 6.37. The largest absolute Gasteiger partial charge is 0.344 e. The predicted octanol–water partition coefficient (Wildman–Crippen LogP) is 7.55. The Balaban J connectivity index is 1.46. The molecule has 0 atom stereocenters. The fourth-order valence-corrected chi connectivity index (χ4v) is 6.09. The Morgan fingerprint density at radius 2 is 1.73 bits per heavy atom. The molecule has 1 aromatic heterocycles. The summed E-state index contributed by atoms with van der Waals surface area (Å²) in [5.41, 5.74) is 5.15. The molecule has 3 aromatic carbocycles. The Morgan fingerprint density at radius 3 is 2.44 bits per heavy atom. The van der Waals surface area contributed by atoms with E-state index in [4.69, 9.17) is 16.4 Å². The molecule has 4 aromatic rings. The lowest BCUT2D eigenvalue weighted by atomic mass is 9.90. The van der Waals surface area contributed by atoms with Gasteiger partial charge >= 0.3 is 5.97 Å². The van der Waals surface area contributed by atoms with E-state index in [1.54, 1.807) is 11.8 Å². The van der Waals surface area contributed by atoms with Crippen LogP contribution in [0.25, 0.3) is 17.0 Å². The molecule has 0 fully saturated rings. The second-order valence-corrected chi connectivity index (χ2v) is 11.3. The number of fused-ring (bicyclic) bond motifs is 3. The summed E-state index contributed by atoms with van der Waals surface area (Å²) in [5.74, 6) is -0.285. The molecule has 0 radical (unpaired) electrons. The normalized spacial score (nSPS) is 13.0. The molecule has 0 unspecified atom stereocenters. The van der Waals surface area contributed by atoms with Gasteiger partial charge in [-0.2, -0.15) is 0 Å². The highest BCUT2D eigenvalue weighted by molar-refractivity contribution is 7.99. The number of benzene rings is 3. The molecule has 41 heavy (non-hydrogen) atoms. The smallest absolute Gasteiger partial charge is 0.331 e. The average molecular weight is 585 g/mol. The van der Waals surface area contributed by atoms with Gasteiger partial charge in [-0.25, -0.2) is 4.79 Å². The van der Waals surface area contributed by atoms with Crippen LogP contribution in [0.5, 0.6) is 0 Å². The molecule has 0 bridgehead atoms. The molecule has 6 nitrogen and oxygen atoms in total. The van der Waals surface area contributed by atoms with Crippen molar-refractivity contribution in [3.8, 4) is 0 Å². The first-order chi connectivity index (χ1) is 19.9. The standard InChI is InChI=1S/C33H29ClN2O4S/c1-3-36-30-15-9-23(32(38)22-7-5-4-6-8-22)19-27(30)28-20-24(10-16-31(28)36)33(39)29(35-40-21(2)37)17-18-41-26-13-11-25(34)12-14-26/h4-9,11-15,19-20H,3,10,16-18H2,1-2H3/b35-29+. The van der Waals surface area contributed by atoms with Gasteiger partial charge in [-0.15, -0.1) is 11.8 Å². The molecule has 8 heteroatoms. The quantitative estimate of drug-likeness (QED) is 0.0632. The zero-order valence-corrected chi connectivity index (χ0v) is 24.4. The number of aryl methyl sites for hydroxylation is 1. The number of carbonyl (C=O) groups excluding carboxylic acids is 3. The molecule has 0 saturated carbocycles. The molecule has 1 heterocycles. The minimum atomic E-state index is -0.581. The first kappa shape index (κ1) is 28.6. The van der Waals surface area contributed by atoms with E-state index >= 15 is 0 Å². The van der Waals surface area contributed by atoms with E-state index in [0.29, 0.717) is 46.7 Å². The minimum Gasteiger partial charge on any atom is -0.344 e. The summed E-state index contributed by atoms with van der Waals surface area (Å²) >= 11 is 7.55. The maximum atomic E-state index is 13.7. The van der Waals surface area contributed by atoms with Crippen molar-refractivity contribution in [3.63, 3.8) is 0 Å². The van der Waals surface area contributed by atoms with E-state index < -0.39 is 5.97 Å².